The summed E-state index contributed by atoms with van der Waals surface area (Å²) in [5.41, 5.74) is -0.447. The SMILES string of the molecule is COC(CCN1C(=O)C=CC1=O)OOC(C)(C)C(C)C. The van der Waals surface area contributed by atoms with Gasteiger partial charge in [0.2, 0.25) is 0 Å². The fourth-order valence-corrected chi connectivity index (χ4v) is 1.37. The van der Waals surface area contributed by atoms with Gasteiger partial charge in [-0.1, -0.05) is 13.8 Å². The lowest BCUT2D eigenvalue weighted by Gasteiger charge is -2.29. The Hall–Kier alpha value is -1.24. The molecule has 0 saturated heterocycles. The minimum atomic E-state index is -0.630. The molecule has 1 aliphatic rings. The molecule has 2 amide bonds. The van der Waals surface area contributed by atoms with E-state index in [0.29, 0.717) is 6.42 Å². The molecular formula is C14H23NO5. The summed E-state index contributed by atoms with van der Waals surface area (Å²) in [6.07, 6.45) is 2.23. The number of amides is 2. The van der Waals surface area contributed by atoms with E-state index >= 15 is 0 Å². The highest BCUT2D eigenvalue weighted by Crippen LogP contribution is 2.22. The molecule has 1 heterocycles. The van der Waals surface area contributed by atoms with Crippen LogP contribution in [0.2, 0.25) is 0 Å². The Labute approximate surface area is 119 Å². The first-order chi connectivity index (χ1) is 9.27. The van der Waals surface area contributed by atoms with Gasteiger partial charge in [0.05, 0.1) is 0 Å². The summed E-state index contributed by atoms with van der Waals surface area (Å²) in [5, 5.41) is 0. The molecule has 0 aliphatic carbocycles. The zero-order valence-corrected chi connectivity index (χ0v) is 12.7. The first-order valence-corrected chi connectivity index (χ1v) is 6.68. The van der Waals surface area contributed by atoms with Crippen LogP contribution in [0.3, 0.4) is 0 Å². The zero-order chi connectivity index (χ0) is 15.3. The first-order valence-electron chi connectivity index (χ1n) is 6.68. The number of nitrogens with zero attached hydrogens (tertiary/aromatic N) is 1. The highest BCUT2D eigenvalue weighted by Gasteiger charge is 2.28. The summed E-state index contributed by atoms with van der Waals surface area (Å²) in [6, 6.07) is 0. The third-order valence-corrected chi connectivity index (χ3v) is 3.51. The van der Waals surface area contributed by atoms with E-state index in [1.165, 1.54) is 19.3 Å². The molecule has 1 aliphatic heterocycles. The molecule has 0 bridgehead atoms. The van der Waals surface area contributed by atoms with Crippen molar-refractivity contribution >= 4 is 11.8 Å². The second-order valence-electron chi connectivity index (χ2n) is 5.55. The topological polar surface area (TPSA) is 65.1 Å². The van der Waals surface area contributed by atoms with Crippen molar-refractivity contribution in [1.29, 1.82) is 0 Å². The molecule has 0 spiro atoms. The lowest BCUT2D eigenvalue weighted by molar-refractivity contribution is -0.423. The maximum atomic E-state index is 11.4. The van der Waals surface area contributed by atoms with Crippen LogP contribution in [0, 0.1) is 5.92 Å². The standard InChI is InChI=1S/C14H23NO5/c1-10(2)14(3,4)20-19-13(18-5)8-9-15-11(16)6-7-12(15)17/h6-7,10,13H,8-9H2,1-5H3. The Morgan fingerprint density at radius 1 is 1.20 bits per heavy atom. The molecule has 6 nitrogen and oxygen atoms in total. The molecule has 0 radical (unpaired) electrons. The van der Waals surface area contributed by atoms with Crippen LogP contribution in [0.25, 0.3) is 0 Å². The van der Waals surface area contributed by atoms with Crippen molar-refractivity contribution in [2.24, 2.45) is 5.92 Å². The molecule has 1 unspecified atom stereocenters. The minimum absolute atomic E-state index is 0.231. The summed E-state index contributed by atoms with van der Waals surface area (Å²) in [7, 11) is 1.49. The van der Waals surface area contributed by atoms with Gasteiger partial charge in [-0.2, -0.15) is 0 Å². The fraction of sp³-hybridized carbons (Fsp3) is 0.714. The van der Waals surface area contributed by atoms with Gasteiger partial charge in [-0.3, -0.25) is 14.5 Å². The molecule has 0 aromatic heterocycles. The van der Waals surface area contributed by atoms with Gasteiger partial charge in [0, 0.05) is 32.2 Å². The maximum absolute atomic E-state index is 11.4. The van der Waals surface area contributed by atoms with E-state index in [-0.39, 0.29) is 24.3 Å². The highest BCUT2D eigenvalue weighted by atomic mass is 17.2. The third kappa shape index (κ3) is 4.40. The minimum Gasteiger partial charge on any atom is -0.353 e. The van der Waals surface area contributed by atoms with Crippen molar-refractivity contribution in [3.05, 3.63) is 12.2 Å². The van der Waals surface area contributed by atoms with Crippen LogP contribution in [0.1, 0.15) is 34.1 Å². The number of methoxy groups -OCH3 is 1. The molecule has 0 fully saturated rings. The smallest absolute Gasteiger partial charge is 0.253 e. The Balaban J connectivity index is 2.41. The molecule has 114 valence electrons. The van der Waals surface area contributed by atoms with Gasteiger partial charge in [-0.15, -0.1) is 0 Å². The fourth-order valence-electron chi connectivity index (χ4n) is 1.37. The quantitative estimate of drug-likeness (QED) is 0.294. The number of hydrogen-bond acceptors (Lipinski definition) is 5. The number of imide groups is 1. The number of hydrogen-bond donors (Lipinski definition) is 0. The second-order valence-corrected chi connectivity index (χ2v) is 5.55. The van der Waals surface area contributed by atoms with E-state index in [0.717, 1.165) is 4.90 Å². The van der Waals surface area contributed by atoms with Crippen LogP contribution in [-0.2, 0) is 24.1 Å². The van der Waals surface area contributed by atoms with Crippen molar-refractivity contribution in [2.75, 3.05) is 13.7 Å². The molecule has 6 heteroatoms. The van der Waals surface area contributed by atoms with E-state index in [4.69, 9.17) is 14.5 Å². The predicted molar refractivity (Wildman–Crippen MR) is 72.4 cm³/mol. The van der Waals surface area contributed by atoms with Crippen molar-refractivity contribution in [3.63, 3.8) is 0 Å². The van der Waals surface area contributed by atoms with Crippen molar-refractivity contribution in [2.45, 2.75) is 46.0 Å². The molecule has 0 saturated carbocycles. The molecule has 0 N–H and O–H groups in total. The number of carbonyl (C=O) groups is 2. The second kappa shape index (κ2) is 6.97. The number of rotatable bonds is 8. The van der Waals surface area contributed by atoms with Gasteiger partial charge in [0.15, 0.2) is 6.29 Å². The first kappa shape index (κ1) is 16.8. The maximum Gasteiger partial charge on any atom is 0.253 e. The van der Waals surface area contributed by atoms with Gasteiger partial charge in [-0.05, 0) is 19.8 Å². The summed E-state index contributed by atoms with van der Waals surface area (Å²) in [6.45, 7) is 8.12. The molecule has 0 aromatic carbocycles. The predicted octanol–water partition coefficient (Wildman–Crippen LogP) is 1.66. The van der Waals surface area contributed by atoms with Crippen molar-refractivity contribution in [3.8, 4) is 0 Å². The molecule has 0 aromatic rings. The number of carbonyl (C=O) groups excluding carboxylic acids is 2. The molecule has 20 heavy (non-hydrogen) atoms. The van der Waals surface area contributed by atoms with Crippen LogP contribution in [0.4, 0.5) is 0 Å². The summed E-state index contributed by atoms with van der Waals surface area (Å²) >= 11 is 0. The number of ether oxygens (including phenoxy) is 1. The molecule has 1 atom stereocenters. The monoisotopic (exact) mass is 285 g/mol. The highest BCUT2D eigenvalue weighted by molar-refractivity contribution is 6.12. The van der Waals surface area contributed by atoms with Crippen molar-refractivity contribution in [1.82, 2.24) is 4.90 Å². The lowest BCUT2D eigenvalue weighted by Crippen LogP contribution is -2.36. The van der Waals surface area contributed by atoms with Gasteiger partial charge >= 0.3 is 0 Å². The van der Waals surface area contributed by atoms with E-state index in [2.05, 4.69) is 0 Å². The van der Waals surface area contributed by atoms with Crippen LogP contribution in [0.5, 0.6) is 0 Å². The lowest BCUT2D eigenvalue weighted by atomic mass is 9.95. The van der Waals surface area contributed by atoms with E-state index in [1.54, 1.807) is 0 Å². The summed E-state index contributed by atoms with van der Waals surface area (Å²) < 4.78 is 5.14. The van der Waals surface area contributed by atoms with Gasteiger partial charge in [0.1, 0.15) is 5.60 Å². The van der Waals surface area contributed by atoms with E-state index < -0.39 is 11.9 Å². The average molecular weight is 285 g/mol. The summed E-state index contributed by atoms with van der Waals surface area (Å²) in [5.74, 6) is -0.354. The molecular weight excluding hydrogens is 262 g/mol. The van der Waals surface area contributed by atoms with Crippen LogP contribution < -0.4 is 0 Å². The van der Waals surface area contributed by atoms with Crippen molar-refractivity contribution < 1.29 is 24.1 Å². The normalized spacial score (nSPS) is 17.4. The molecule has 1 rings (SSSR count). The van der Waals surface area contributed by atoms with Gasteiger partial charge in [-0.25, -0.2) is 9.78 Å². The van der Waals surface area contributed by atoms with Gasteiger partial charge < -0.3 is 4.74 Å². The summed E-state index contributed by atoms with van der Waals surface area (Å²) in [4.78, 5) is 34.6. The largest absolute Gasteiger partial charge is 0.353 e. The Bertz CT molecular complexity index is 371. The van der Waals surface area contributed by atoms with Gasteiger partial charge in [0.25, 0.3) is 11.8 Å². The zero-order valence-electron chi connectivity index (χ0n) is 12.7. The Kier molecular flexibility index (Phi) is 5.86. The van der Waals surface area contributed by atoms with Crippen LogP contribution >= 0.6 is 0 Å². The van der Waals surface area contributed by atoms with E-state index in [9.17, 15) is 9.59 Å². The Morgan fingerprint density at radius 3 is 2.20 bits per heavy atom. The average Bonchev–Trinajstić information content (AvgIpc) is 2.69. The van der Waals surface area contributed by atoms with E-state index in [1.807, 2.05) is 27.7 Å². The Morgan fingerprint density at radius 2 is 1.75 bits per heavy atom. The van der Waals surface area contributed by atoms with Crippen LogP contribution in [0.15, 0.2) is 12.2 Å². The third-order valence-electron chi connectivity index (χ3n) is 3.51. The van der Waals surface area contributed by atoms with Crippen LogP contribution in [-0.4, -0.2) is 42.3 Å².